The van der Waals surface area contributed by atoms with E-state index < -0.39 is 54.4 Å². The molecule has 5 fully saturated rings. The Hall–Kier alpha value is -1.42. The van der Waals surface area contributed by atoms with Crippen LogP contribution in [0.15, 0.2) is 6.33 Å². The molecule has 0 aromatic carbocycles. The van der Waals surface area contributed by atoms with Gasteiger partial charge in [-0.1, -0.05) is 13.8 Å². The van der Waals surface area contributed by atoms with Gasteiger partial charge in [0.15, 0.2) is 28.7 Å². The standard InChI is InChI=1S/C23H33ClN5O9PS/c1-21-3-12-4-22(2,7-21)9-23(5-12,8-21)28-17-14-18(27-20(24)26-17)29(10-25-14)19-16(31)15(30)13(38-19)6-37-40(35,36)11-39(32,33)34/h10,12-13,15-16,19,30-31H,3-9,11H2,1-2H3,(H,26,27,28)(H2,32,33,34)/t12?,13-,15+,16+,19-,21-,22+,23?/m1/s1. The number of halogens is 1. The van der Waals surface area contributed by atoms with Crippen molar-refractivity contribution in [3.05, 3.63) is 11.6 Å². The molecule has 40 heavy (non-hydrogen) atoms. The molecule has 4 aliphatic carbocycles. The van der Waals surface area contributed by atoms with E-state index in [2.05, 4.69) is 38.3 Å². The molecule has 2 aromatic heterocycles. The number of fused-ring (bicyclic) bond motifs is 1. The van der Waals surface area contributed by atoms with Gasteiger partial charge in [0.25, 0.3) is 10.1 Å². The predicted octanol–water partition coefficient (Wildman–Crippen LogP) is 1.74. The lowest BCUT2D eigenvalue weighted by molar-refractivity contribution is -0.0973. The summed E-state index contributed by atoms with van der Waals surface area (Å²) < 4.78 is 46.6. The summed E-state index contributed by atoms with van der Waals surface area (Å²) in [6.45, 7) is 3.96. The number of hydrogen-bond acceptors (Lipinski definition) is 11. The average Bonchev–Trinajstić information content (AvgIpc) is 3.29. The minimum absolute atomic E-state index is 0.0460. The van der Waals surface area contributed by atoms with Crippen molar-refractivity contribution in [2.45, 2.75) is 82.5 Å². The summed E-state index contributed by atoms with van der Waals surface area (Å²) in [5, 5.41) is 24.9. The van der Waals surface area contributed by atoms with Gasteiger partial charge in [-0.15, -0.1) is 0 Å². The van der Waals surface area contributed by atoms with E-state index in [9.17, 15) is 23.2 Å². The van der Waals surface area contributed by atoms with Crippen molar-refractivity contribution >= 4 is 46.3 Å². The third kappa shape index (κ3) is 5.29. The molecule has 0 radical (unpaired) electrons. The summed E-state index contributed by atoms with van der Waals surface area (Å²) in [7, 11) is -9.52. The van der Waals surface area contributed by atoms with E-state index in [0.717, 1.165) is 19.3 Å². The highest BCUT2D eigenvalue weighted by atomic mass is 35.5. The largest absolute Gasteiger partial charge is 0.387 e. The fraction of sp³-hybridized carbons (Fsp3) is 0.783. The highest BCUT2D eigenvalue weighted by molar-refractivity contribution is 7.93. The van der Waals surface area contributed by atoms with Crippen molar-refractivity contribution in [3.63, 3.8) is 0 Å². The Labute approximate surface area is 235 Å². The zero-order valence-electron chi connectivity index (χ0n) is 22.0. The van der Waals surface area contributed by atoms with Gasteiger partial charge in [-0.2, -0.15) is 18.4 Å². The zero-order valence-corrected chi connectivity index (χ0v) is 24.4. The SMILES string of the molecule is C[C@]12CC3CC(Nc4nc(Cl)nc5c4ncn5[C@@H]4O[C@H](COS(=O)(=O)CP(=O)(O)O)[C@H](O)[C@@H]4O)(C1)C[C@@](C)(C3)C2. The molecule has 4 saturated carbocycles. The van der Waals surface area contributed by atoms with E-state index in [4.69, 9.17) is 26.1 Å². The van der Waals surface area contributed by atoms with E-state index in [1.807, 2.05) is 0 Å². The number of anilines is 1. The van der Waals surface area contributed by atoms with Crippen molar-refractivity contribution in [1.29, 1.82) is 0 Å². The summed E-state index contributed by atoms with van der Waals surface area (Å²) >= 11 is 6.34. The Morgan fingerprint density at radius 2 is 1.82 bits per heavy atom. The number of aliphatic hydroxyl groups excluding tert-OH is 2. The summed E-state index contributed by atoms with van der Waals surface area (Å²) in [4.78, 5) is 31.1. The van der Waals surface area contributed by atoms with Crippen LogP contribution in [0.4, 0.5) is 5.82 Å². The van der Waals surface area contributed by atoms with Crippen molar-refractivity contribution in [2.24, 2.45) is 16.7 Å². The van der Waals surface area contributed by atoms with Gasteiger partial charge in [-0.3, -0.25) is 13.3 Å². The van der Waals surface area contributed by atoms with Gasteiger partial charge in [0.2, 0.25) is 5.28 Å². The van der Waals surface area contributed by atoms with E-state index in [1.165, 1.54) is 30.2 Å². The van der Waals surface area contributed by atoms with Crippen molar-refractivity contribution in [3.8, 4) is 0 Å². The van der Waals surface area contributed by atoms with E-state index in [1.54, 1.807) is 0 Å². The Kier molecular flexibility index (Phi) is 6.66. The van der Waals surface area contributed by atoms with E-state index in [0.29, 0.717) is 17.3 Å². The highest BCUT2D eigenvalue weighted by Crippen LogP contribution is 2.67. The monoisotopic (exact) mass is 621 g/mol. The molecular weight excluding hydrogens is 589 g/mol. The van der Waals surface area contributed by atoms with Crippen molar-refractivity contribution in [1.82, 2.24) is 19.5 Å². The number of nitrogens with one attached hydrogen (secondary N) is 1. The van der Waals surface area contributed by atoms with E-state index in [-0.39, 0.29) is 27.3 Å². The number of rotatable bonds is 8. The fourth-order valence-electron chi connectivity index (χ4n) is 8.51. The van der Waals surface area contributed by atoms with Crippen LogP contribution >= 0.6 is 19.2 Å². The molecule has 1 aliphatic heterocycles. The van der Waals surface area contributed by atoms with Crippen molar-refractivity contribution < 1.29 is 41.9 Å². The Balaban J connectivity index is 1.25. The fourth-order valence-corrected chi connectivity index (χ4v) is 11.0. The van der Waals surface area contributed by atoms with Crippen LogP contribution in [0.5, 0.6) is 0 Å². The molecule has 0 spiro atoms. The molecule has 4 bridgehead atoms. The van der Waals surface area contributed by atoms with Gasteiger partial charge < -0.3 is 30.1 Å². The lowest BCUT2D eigenvalue weighted by atomic mass is 9.43. The number of aromatic nitrogens is 4. The Morgan fingerprint density at radius 1 is 1.15 bits per heavy atom. The van der Waals surface area contributed by atoms with Gasteiger partial charge >= 0.3 is 7.60 Å². The first-order valence-electron chi connectivity index (χ1n) is 13.1. The lowest BCUT2D eigenvalue weighted by Crippen LogP contribution is -2.61. The molecular formula is C23H33ClN5O9PS. The number of imidazole rings is 1. The molecule has 2 aromatic rings. The van der Waals surface area contributed by atoms with Crippen LogP contribution in [-0.4, -0.2) is 83.9 Å². The topological polar surface area (TPSA) is 206 Å². The molecule has 14 nitrogen and oxygen atoms in total. The average molecular weight is 622 g/mol. The second-order valence-electron chi connectivity index (χ2n) is 12.9. The number of hydrogen-bond donors (Lipinski definition) is 5. The van der Waals surface area contributed by atoms with Crippen LogP contribution in [0.1, 0.15) is 58.6 Å². The van der Waals surface area contributed by atoms with Gasteiger partial charge in [0.05, 0.1) is 12.9 Å². The third-order valence-electron chi connectivity index (χ3n) is 8.75. The Morgan fingerprint density at radius 3 is 2.45 bits per heavy atom. The van der Waals surface area contributed by atoms with Crippen molar-refractivity contribution in [2.75, 3.05) is 17.4 Å². The smallest absolute Gasteiger partial charge is 0.343 e. The number of nitrogens with zero attached hydrogens (tertiary/aromatic N) is 4. The molecule has 7 rings (SSSR count). The lowest BCUT2D eigenvalue weighted by Gasteiger charge is -2.65. The van der Waals surface area contributed by atoms with Gasteiger partial charge in [-0.05, 0) is 66.9 Å². The minimum Gasteiger partial charge on any atom is -0.387 e. The van der Waals surface area contributed by atoms with Crippen LogP contribution in [0.25, 0.3) is 11.2 Å². The van der Waals surface area contributed by atoms with Crippen LogP contribution in [0.2, 0.25) is 5.28 Å². The summed E-state index contributed by atoms with van der Waals surface area (Å²) in [5.41, 5.74) is -0.514. The molecule has 17 heteroatoms. The van der Waals surface area contributed by atoms with Crippen LogP contribution in [0, 0.1) is 16.7 Å². The maximum Gasteiger partial charge on any atom is 0.343 e. The quantitative estimate of drug-likeness (QED) is 0.162. The third-order valence-corrected chi connectivity index (χ3v) is 12.0. The predicted molar refractivity (Wildman–Crippen MR) is 142 cm³/mol. The van der Waals surface area contributed by atoms with Gasteiger partial charge in [0, 0.05) is 5.54 Å². The second kappa shape index (κ2) is 9.29. The first-order valence-corrected chi connectivity index (χ1v) is 16.8. The zero-order chi connectivity index (χ0) is 28.9. The maximum atomic E-state index is 11.9. The molecule has 2 unspecified atom stereocenters. The van der Waals surface area contributed by atoms with Crippen LogP contribution in [0.3, 0.4) is 0 Å². The molecule has 3 heterocycles. The summed E-state index contributed by atoms with van der Waals surface area (Å²) in [6.07, 6.45) is 2.44. The van der Waals surface area contributed by atoms with Crippen LogP contribution in [-0.2, 0) is 23.6 Å². The molecule has 1 saturated heterocycles. The first kappa shape index (κ1) is 28.7. The summed E-state index contributed by atoms with van der Waals surface area (Å²) in [6, 6.07) is 0. The molecule has 5 aliphatic rings. The number of ether oxygens (including phenoxy) is 1. The highest BCUT2D eigenvalue weighted by Gasteiger charge is 2.60. The van der Waals surface area contributed by atoms with Crippen LogP contribution < -0.4 is 5.32 Å². The first-order chi connectivity index (χ1) is 18.5. The second-order valence-corrected chi connectivity index (χ2v) is 16.9. The molecule has 8 atom stereocenters. The summed E-state index contributed by atoms with van der Waals surface area (Å²) in [5.74, 6) is 1.11. The van der Waals surface area contributed by atoms with Gasteiger partial charge in [-0.25, -0.2) is 4.98 Å². The minimum atomic E-state index is -4.90. The Bertz CT molecular complexity index is 1480. The molecule has 0 amide bonds. The van der Waals surface area contributed by atoms with E-state index >= 15 is 0 Å². The van der Waals surface area contributed by atoms with Gasteiger partial charge in [0.1, 0.15) is 18.3 Å². The number of aliphatic hydroxyl groups is 2. The molecule has 5 N–H and O–H groups in total. The maximum absolute atomic E-state index is 11.9. The molecule has 222 valence electrons. The normalized spacial score (nSPS) is 39.3.